The lowest BCUT2D eigenvalue weighted by molar-refractivity contribution is 0.412. The van der Waals surface area contributed by atoms with E-state index >= 15 is 0 Å². The summed E-state index contributed by atoms with van der Waals surface area (Å²) < 4.78 is 22.6. The molecule has 0 amide bonds. The zero-order chi connectivity index (χ0) is 10.2. The van der Waals surface area contributed by atoms with Gasteiger partial charge in [-0.25, -0.2) is 8.42 Å². The van der Waals surface area contributed by atoms with Crippen LogP contribution in [-0.2, 0) is 9.84 Å². The molecule has 0 spiro atoms. The molecule has 82 valence electrons. The molecule has 0 N–H and O–H groups in total. The van der Waals surface area contributed by atoms with Crippen LogP contribution in [0.25, 0.3) is 0 Å². The van der Waals surface area contributed by atoms with E-state index < -0.39 is 9.84 Å². The minimum atomic E-state index is -2.75. The number of hydrogen-bond donors (Lipinski definition) is 0. The Kier molecular flexibility index (Phi) is 3.08. The van der Waals surface area contributed by atoms with Crippen molar-refractivity contribution in [2.75, 3.05) is 11.5 Å². The summed E-state index contributed by atoms with van der Waals surface area (Å²) in [5.41, 5.74) is 0. The molecule has 1 saturated heterocycles. The summed E-state index contributed by atoms with van der Waals surface area (Å²) in [7, 11) is -2.75. The van der Waals surface area contributed by atoms with Gasteiger partial charge in [-0.3, -0.25) is 0 Å². The number of alkyl halides is 1. The Morgan fingerprint density at radius 2 is 1.71 bits per heavy atom. The summed E-state index contributed by atoms with van der Waals surface area (Å²) in [5, 5.41) is 0.106. The Bertz CT molecular complexity index is 293. The normalized spacial score (nSPS) is 34.8. The third kappa shape index (κ3) is 2.25. The van der Waals surface area contributed by atoms with E-state index in [1.807, 2.05) is 0 Å². The van der Waals surface area contributed by atoms with Crippen LogP contribution in [0.1, 0.15) is 32.1 Å². The molecule has 2 fully saturated rings. The summed E-state index contributed by atoms with van der Waals surface area (Å²) in [6.07, 6.45) is 5.73. The first kappa shape index (κ1) is 10.7. The Balaban J connectivity index is 1.95. The van der Waals surface area contributed by atoms with E-state index in [0.29, 0.717) is 17.4 Å². The van der Waals surface area contributed by atoms with Crippen LogP contribution in [0.4, 0.5) is 0 Å². The molecule has 2 nitrogen and oxygen atoms in total. The molecule has 1 aliphatic heterocycles. The van der Waals surface area contributed by atoms with Gasteiger partial charge in [0.2, 0.25) is 0 Å². The van der Waals surface area contributed by atoms with Crippen LogP contribution in [0.5, 0.6) is 0 Å². The number of sulfone groups is 1. The molecule has 2 unspecified atom stereocenters. The van der Waals surface area contributed by atoms with Crippen LogP contribution in [0.2, 0.25) is 0 Å². The van der Waals surface area contributed by atoms with Crippen molar-refractivity contribution in [1.29, 1.82) is 0 Å². The Labute approximate surface area is 90.9 Å². The average Bonchev–Trinajstić information content (AvgIpc) is 2.72. The highest BCUT2D eigenvalue weighted by atomic mass is 35.5. The fraction of sp³-hybridized carbons (Fsp3) is 1.00. The van der Waals surface area contributed by atoms with Crippen molar-refractivity contribution >= 4 is 21.4 Å². The summed E-state index contributed by atoms with van der Waals surface area (Å²) >= 11 is 6.36. The van der Waals surface area contributed by atoms with E-state index in [0.717, 1.165) is 6.42 Å². The van der Waals surface area contributed by atoms with E-state index in [1.54, 1.807) is 0 Å². The van der Waals surface area contributed by atoms with Gasteiger partial charge in [0.05, 0.1) is 11.5 Å². The molecular weight excluding hydrogens is 220 g/mol. The Morgan fingerprint density at radius 3 is 2.21 bits per heavy atom. The van der Waals surface area contributed by atoms with Crippen molar-refractivity contribution in [2.24, 2.45) is 11.8 Å². The molecule has 0 radical (unpaired) electrons. The second-order valence-electron chi connectivity index (χ2n) is 4.65. The minimum absolute atomic E-state index is 0.106. The van der Waals surface area contributed by atoms with Gasteiger partial charge in [0, 0.05) is 5.38 Å². The second kappa shape index (κ2) is 4.01. The van der Waals surface area contributed by atoms with Crippen molar-refractivity contribution in [3.8, 4) is 0 Å². The molecule has 2 aliphatic rings. The number of halogens is 1. The van der Waals surface area contributed by atoms with Crippen molar-refractivity contribution in [3.05, 3.63) is 0 Å². The summed E-state index contributed by atoms with van der Waals surface area (Å²) in [4.78, 5) is 0. The average molecular weight is 237 g/mol. The molecule has 1 saturated carbocycles. The van der Waals surface area contributed by atoms with Crippen LogP contribution in [-0.4, -0.2) is 25.3 Å². The lowest BCUT2D eigenvalue weighted by Crippen LogP contribution is -2.23. The monoisotopic (exact) mass is 236 g/mol. The fourth-order valence-electron chi connectivity index (χ4n) is 2.74. The highest BCUT2D eigenvalue weighted by Gasteiger charge is 2.37. The maximum atomic E-state index is 11.3. The molecule has 0 aromatic carbocycles. The lowest BCUT2D eigenvalue weighted by atomic mass is 9.92. The standard InChI is InChI=1S/C10H17ClO2S/c11-10(8-3-1-2-4-8)9-5-6-14(12,13)7-9/h8-10H,1-7H2. The van der Waals surface area contributed by atoms with Crippen molar-refractivity contribution in [1.82, 2.24) is 0 Å². The first-order chi connectivity index (χ1) is 6.58. The SMILES string of the molecule is O=S1(=O)CCC(C(Cl)C2CCCC2)C1. The first-order valence-corrected chi connectivity index (χ1v) is 7.69. The van der Waals surface area contributed by atoms with E-state index in [9.17, 15) is 8.42 Å². The van der Waals surface area contributed by atoms with E-state index in [-0.39, 0.29) is 11.3 Å². The summed E-state index contributed by atoms with van der Waals surface area (Å²) in [6.45, 7) is 0. The zero-order valence-corrected chi connectivity index (χ0v) is 9.86. The molecular formula is C10H17ClO2S. The predicted molar refractivity (Wildman–Crippen MR) is 58.4 cm³/mol. The highest BCUT2D eigenvalue weighted by molar-refractivity contribution is 7.91. The topological polar surface area (TPSA) is 34.1 Å². The van der Waals surface area contributed by atoms with Crippen LogP contribution in [0.3, 0.4) is 0 Å². The molecule has 0 aromatic rings. The Hall–Kier alpha value is 0.240. The van der Waals surface area contributed by atoms with Gasteiger partial charge in [0.25, 0.3) is 0 Å². The van der Waals surface area contributed by atoms with E-state index in [4.69, 9.17) is 11.6 Å². The zero-order valence-electron chi connectivity index (χ0n) is 8.28. The van der Waals surface area contributed by atoms with Crippen LogP contribution >= 0.6 is 11.6 Å². The third-order valence-corrected chi connectivity index (χ3v) is 6.07. The number of rotatable bonds is 2. The Morgan fingerprint density at radius 1 is 1.07 bits per heavy atom. The summed E-state index contributed by atoms with van der Waals surface area (Å²) in [5.74, 6) is 1.49. The smallest absolute Gasteiger partial charge is 0.150 e. The van der Waals surface area contributed by atoms with Gasteiger partial charge in [0.15, 0.2) is 9.84 Å². The van der Waals surface area contributed by atoms with Crippen molar-refractivity contribution < 1.29 is 8.42 Å². The van der Waals surface area contributed by atoms with Gasteiger partial charge < -0.3 is 0 Å². The van der Waals surface area contributed by atoms with Gasteiger partial charge in [-0.1, -0.05) is 12.8 Å². The maximum absolute atomic E-state index is 11.3. The molecule has 14 heavy (non-hydrogen) atoms. The molecule has 2 rings (SSSR count). The number of hydrogen-bond acceptors (Lipinski definition) is 2. The fourth-order valence-corrected chi connectivity index (χ4v) is 5.16. The van der Waals surface area contributed by atoms with E-state index in [1.165, 1.54) is 25.7 Å². The molecule has 2 atom stereocenters. The van der Waals surface area contributed by atoms with E-state index in [2.05, 4.69) is 0 Å². The molecule has 1 aliphatic carbocycles. The quantitative estimate of drug-likeness (QED) is 0.689. The minimum Gasteiger partial charge on any atom is -0.229 e. The van der Waals surface area contributed by atoms with Gasteiger partial charge in [-0.2, -0.15) is 0 Å². The van der Waals surface area contributed by atoms with Crippen LogP contribution < -0.4 is 0 Å². The molecule has 4 heteroatoms. The molecule has 0 bridgehead atoms. The molecule has 1 heterocycles. The van der Waals surface area contributed by atoms with Gasteiger partial charge >= 0.3 is 0 Å². The summed E-state index contributed by atoms with van der Waals surface area (Å²) in [6, 6.07) is 0. The van der Waals surface area contributed by atoms with Crippen molar-refractivity contribution in [3.63, 3.8) is 0 Å². The lowest BCUT2D eigenvalue weighted by Gasteiger charge is -2.21. The molecule has 0 aromatic heterocycles. The van der Waals surface area contributed by atoms with Gasteiger partial charge in [0.1, 0.15) is 0 Å². The van der Waals surface area contributed by atoms with Crippen LogP contribution in [0.15, 0.2) is 0 Å². The first-order valence-electron chi connectivity index (χ1n) is 5.43. The maximum Gasteiger partial charge on any atom is 0.150 e. The van der Waals surface area contributed by atoms with Crippen LogP contribution in [0, 0.1) is 11.8 Å². The van der Waals surface area contributed by atoms with Gasteiger partial charge in [-0.05, 0) is 31.1 Å². The second-order valence-corrected chi connectivity index (χ2v) is 7.38. The highest BCUT2D eigenvalue weighted by Crippen LogP contribution is 2.37. The van der Waals surface area contributed by atoms with Gasteiger partial charge in [-0.15, -0.1) is 11.6 Å². The largest absolute Gasteiger partial charge is 0.229 e. The third-order valence-electron chi connectivity index (χ3n) is 3.57. The van der Waals surface area contributed by atoms with Crippen molar-refractivity contribution in [2.45, 2.75) is 37.5 Å². The predicted octanol–water partition coefficient (Wildman–Crippen LogP) is 2.22.